The highest BCUT2D eigenvalue weighted by Crippen LogP contribution is 2.32. The van der Waals surface area contributed by atoms with Crippen LogP contribution < -0.4 is 15.4 Å². The lowest BCUT2D eigenvalue weighted by Crippen LogP contribution is -2.17. The molecule has 0 spiro atoms. The van der Waals surface area contributed by atoms with Crippen LogP contribution in [0.4, 0.5) is 17.3 Å². The number of pyridine rings is 1. The predicted molar refractivity (Wildman–Crippen MR) is 127 cm³/mol. The van der Waals surface area contributed by atoms with E-state index in [2.05, 4.69) is 25.6 Å². The molecule has 170 valence electrons. The molecule has 1 fully saturated rings. The Labute approximate surface area is 193 Å². The lowest BCUT2D eigenvalue weighted by molar-refractivity contribution is 0.201. The van der Waals surface area contributed by atoms with Gasteiger partial charge in [0.1, 0.15) is 30.1 Å². The molecule has 2 heterocycles. The Balaban J connectivity index is 1.56. The number of anilines is 3. The standard InChI is InChI=1S/C25H28N6O2/c26-13-20-15-29-25(17-27-20)31-24-12-23(28-14-18-4-2-1-3-5-18)22(16-30-24)19-6-8-21(9-7-19)33-11-10-32/h6-9,12,15-18,32H,1-5,10-11,14H2,(H2,28,29,30,31). The van der Waals surface area contributed by atoms with Crippen LogP contribution in [0.15, 0.2) is 48.9 Å². The van der Waals surface area contributed by atoms with Crippen LogP contribution in [0.3, 0.4) is 0 Å². The maximum Gasteiger partial charge on any atom is 0.158 e. The molecule has 0 amide bonds. The first-order valence-electron chi connectivity index (χ1n) is 11.3. The number of aliphatic hydroxyl groups is 1. The molecule has 3 aromatic rings. The summed E-state index contributed by atoms with van der Waals surface area (Å²) in [6, 6.07) is 11.7. The fraction of sp³-hybridized carbons (Fsp3) is 0.360. The molecule has 0 unspecified atom stereocenters. The Hall–Kier alpha value is -3.70. The molecule has 1 aromatic carbocycles. The highest BCUT2D eigenvalue weighted by molar-refractivity contribution is 5.79. The molecule has 2 aromatic heterocycles. The number of ether oxygens (including phenoxy) is 1. The van der Waals surface area contributed by atoms with E-state index in [1.54, 1.807) is 0 Å². The summed E-state index contributed by atoms with van der Waals surface area (Å²) < 4.78 is 5.48. The minimum atomic E-state index is -0.0149. The maximum atomic E-state index is 8.95. The van der Waals surface area contributed by atoms with E-state index in [4.69, 9.17) is 15.1 Å². The highest BCUT2D eigenvalue weighted by Gasteiger charge is 2.15. The van der Waals surface area contributed by atoms with Crippen LogP contribution in [0.1, 0.15) is 37.8 Å². The first-order chi connectivity index (χ1) is 16.2. The van der Waals surface area contributed by atoms with Gasteiger partial charge < -0.3 is 20.5 Å². The van der Waals surface area contributed by atoms with Crippen molar-refractivity contribution < 1.29 is 9.84 Å². The maximum absolute atomic E-state index is 8.95. The van der Waals surface area contributed by atoms with Gasteiger partial charge in [-0.3, -0.25) is 0 Å². The predicted octanol–water partition coefficient (Wildman–Crippen LogP) is 4.52. The molecule has 1 aliphatic carbocycles. The van der Waals surface area contributed by atoms with Gasteiger partial charge in [0.2, 0.25) is 0 Å². The fourth-order valence-corrected chi connectivity index (χ4v) is 4.02. The Kier molecular flexibility index (Phi) is 7.67. The average molecular weight is 445 g/mol. The molecule has 0 bridgehead atoms. The number of nitrogens with one attached hydrogen (secondary N) is 2. The number of aromatic nitrogens is 3. The van der Waals surface area contributed by atoms with Crippen LogP contribution in [0.2, 0.25) is 0 Å². The second-order valence-corrected chi connectivity index (χ2v) is 8.12. The molecule has 33 heavy (non-hydrogen) atoms. The van der Waals surface area contributed by atoms with Gasteiger partial charge in [-0.25, -0.2) is 15.0 Å². The number of benzene rings is 1. The molecule has 1 saturated carbocycles. The van der Waals surface area contributed by atoms with Gasteiger partial charge in [0, 0.05) is 30.1 Å². The van der Waals surface area contributed by atoms with Gasteiger partial charge in [-0.2, -0.15) is 5.26 Å². The van der Waals surface area contributed by atoms with Crippen molar-refractivity contribution in [3.05, 3.63) is 54.6 Å². The van der Waals surface area contributed by atoms with Crippen LogP contribution in [-0.4, -0.2) is 39.8 Å². The second-order valence-electron chi connectivity index (χ2n) is 8.12. The Morgan fingerprint density at radius 1 is 1.00 bits per heavy atom. The molecule has 8 heteroatoms. The molecular formula is C25H28N6O2. The van der Waals surface area contributed by atoms with Crippen molar-refractivity contribution in [1.29, 1.82) is 5.26 Å². The van der Waals surface area contributed by atoms with Gasteiger partial charge in [0.15, 0.2) is 5.69 Å². The van der Waals surface area contributed by atoms with E-state index < -0.39 is 0 Å². The third kappa shape index (κ3) is 6.18. The summed E-state index contributed by atoms with van der Waals surface area (Å²) in [5, 5.41) is 24.7. The summed E-state index contributed by atoms with van der Waals surface area (Å²) in [7, 11) is 0. The monoisotopic (exact) mass is 444 g/mol. The molecule has 1 aliphatic rings. The zero-order valence-corrected chi connectivity index (χ0v) is 18.5. The summed E-state index contributed by atoms with van der Waals surface area (Å²) in [6.45, 7) is 1.18. The molecular weight excluding hydrogens is 416 g/mol. The Morgan fingerprint density at radius 2 is 1.79 bits per heavy atom. The van der Waals surface area contributed by atoms with E-state index in [9.17, 15) is 0 Å². The summed E-state index contributed by atoms with van der Waals surface area (Å²) >= 11 is 0. The fourth-order valence-electron chi connectivity index (χ4n) is 4.02. The molecule has 0 radical (unpaired) electrons. The number of nitriles is 1. The zero-order valence-electron chi connectivity index (χ0n) is 18.5. The van der Waals surface area contributed by atoms with Crippen LogP contribution in [0, 0.1) is 17.2 Å². The molecule has 8 nitrogen and oxygen atoms in total. The van der Waals surface area contributed by atoms with Crippen LogP contribution in [0.25, 0.3) is 11.1 Å². The van der Waals surface area contributed by atoms with E-state index in [0.29, 0.717) is 17.6 Å². The van der Waals surface area contributed by atoms with Crippen molar-refractivity contribution in [2.75, 3.05) is 30.4 Å². The van der Waals surface area contributed by atoms with Crippen molar-refractivity contribution in [3.63, 3.8) is 0 Å². The summed E-state index contributed by atoms with van der Waals surface area (Å²) in [5.41, 5.74) is 3.28. The smallest absolute Gasteiger partial charge is 0.158 e. The number of hydrogen-bond donors (Lipinski definition) is 3. The van der Waals surface area contributed by atoms with Crippen molar-refractivity contribution >= 4 is 17.3 Å². The van der Waals surface area contributed by atoms with Crippen LogP contribution in [-0.2, 0) is 0 Å². The van der Waals surface area contributed by atoms with Gasteiger partial charge >= 0.3 is 0 Å². The van der Waals surface area contributed by atoms with Crippen molar-refractivity contribution in [2.45, 2.75) is 32.1 Å². The number of rotatable bonds is 9. The topological polar surface area (TPSA) is 116 Å². The van der Waals surface area contributed by atoms with E-state index in [0.717, 1.165) is 29.1 Å². The molecule has 0 atom stereocenters. The van der Waals surface area contributed by atoms with E-state index >= 15 is 0 Å². The average Bonchev–Trinajstić information content (AvgIpc) is 2.88. The normalized spacial score (nSPS) is 13.8. The quantitative estimate of drug-likeness (QED) is 0.441. The van der Waals surface area contributed by atoms with Crippen molar-refractivity contribution in [3.8, 4) is 22.9 Å². The Morgan fingerprint density at radius 3 is 2.48 bits per heavy atom. The van der Waals surface area contributed by atoms with Crippen molar-refractivity contribution in [1.82, 2.24) is 15.0 Å². The summed E-state index contributed by atoms with van der Waals surface area (Å²) in [4.78, 5) is 12.8. The first-order valence-corrected chi connectivity index (χ1v) is 11.3. The lowest BCUT2D eigenvalue weighted by Gasteiger charge is -2.23. The van der Waals surface area contributed by atoms with Gasteiger partial charge in [-0.1, -0.05) is 31.4 Å². The van der Waals surface area contributed by atoms with Gasteiger partial charge in [0.25, 0.3) is 0 Å². The first kappa shape index (κ1) is 22.5. The molecule has 3 N–H and O–H groups in total. The van der Waals surface area contributed by atoms with Gasteiger partial charge in [0.05, 0.1) is 19.0 Å². The van der Waals surface area contributed by atoms with Crippen LogP contribution >= 0.6 is 0 Å². The lowest BCUT2D eigenvalue weighted by atomic mass is 9.89. The van der Waals surface area contributed by atoms with Crippen molar-refractivity contribution in [2.24, 2.45) is 5.92 Å². The van der Waals surface area contributed by atoms with E-state index in [-0.39, 0.29) is 18.9 Å². The molecule has 4 rings (SSSR count). The largest absolute Gasteiger partial charge is 0.491 e. The summed E-state index contributed by atoms with van der Waals surface area (Å²) in [5.74, 6) is 2.56. The highest BCUT2D eigenvalue weighted by atomic mass is 16.5. The summed E-state index contributed by atoms with van der Waals surface area (Å²) in [6.07, 6.45) is 11.2. The zero-order chi connectivity index (χ0) is 22.9. The minimum Gasteiger partial charge on any atom is -0.491 e. The van der Waals surface area contributed by atoms with Crippen LogP contribution in [0.5, 0.6) is 5.75 Å². The van der Waals surface area contributed by atoms with Gasteiger partial charge in [-0.15, -0.1) is 0 Å². The Bertz CT molecular complexity index is 1070. The van der Waals surface area contributed by atoms with Gasteiger partial charge in [-0.05, 0) is 36.5 Å². The number of nitrogens with zero attached hydrogens (tertiary/aromatic N) is 4. The second kappa shape index (κ2) is 11.2. The SMILES string of the molecule is N#Cc1cnc(Nc2cc(NCC3CCCCC3)c(-c3ccc(OCCO)cc3)cn2)cn1. The molecule has 0 aliphatic heterocycles. The third-order valence-electron chi connectivity index (χ3n) is 5.76. The van der Waals surface area contributed by atoms with E-state index in [1.165, 1.54) is 44.5 Å². The number of aliphatic hydroxyl groups excluding tert-OH is 1. The van der Waals surface area contributed by atoms with E-state index in [1.807, 2.05) is 42.6 Å². The third-order valence-corrected chi connectivity index (χ3v) is 5.76. The molecule has 0 saturated heterocycles. The number of hydrogen-bond acceptors (Lipinski definition) is 8. The minimum absolute atomic E-state index is 0.0149.